The first kappa shape index (κ1) is 14.7. The second-order valence-electron chi connectivity index (χ2n) is 5.17. The molecule has 0 amide bonds. The van der Waals surface area contributed by atoms with Crippen LogP contribution in [-0.2, 0) is 9.59 Å². The summed E-state index contributed by atoms with van der Waals surface area (Å²) in [6, 6.07) is 17.4. The molecule has 0 fully saturated rings. The molecule has 0 saturated carbocycles. The lowest BCUT2D eigenvalue weighted by Crippen LogP contribution is -2.02. The molecular formula is C19H12O4. The molecule has 4 heteroatoms. The SMILES string of the molecule is Cc1ccc2ccc3oc4ccccc4c(=O)c3c2c1.O=C=O. The Labute approximate surface area is 131 Å². The Kier molecular flexibility index (Phi) is 3.75. The van der Waals surface area contributed by atoms with E-state index in [2.05, 4.69) is 6.07 Å². The number of benzene rings is 3. The largest absolute Gasteiger partial charge is 0.456 e. The third-order valence-corrected chi connectivity index (χ3v) is 3.72. The normalized spacial score (nSPS) is 10.3. The van der Waals surface area contributed by atoms with Crippen LogP contribution in [0.3, 0.4) is 0 Å². The predicted molar refractivity (Wildman–Crippen MR) is 87.2 cm³/mol. The molecule has 0 spiro atoms. The molecule has 112 valence electrons. The van der Waals surface area contributed by atoms with Crippen LogP contribution in [0.2, 0.25) is 0 Å². The zero-order chi connectivity index (χ0) is 16.4. The van der Waals surface area contributed by atoms with Crippen LogP contribution < -0.4 is 5.43 Å². The van der Waals surface area contributed by atoms with Gasteiger partial charge in [0.25, 0.3) is 0 Å². The highest BCUT2D eigenvalue weighted by Crippen LogP contribution is 2.26. The Hall–Kier alpha value is -3.23. The second kappa shape index (κ2) is 5.87. The van der Waals surface area contributed by atoms with Gasteiger partial charge in [0.2, 0.25) is 5.43 Å². The molecule has 4 aromatic rings. The van der Waals surface area contributed by atoms with E-state index in [9.17, 15) is 4.79 Å². The van der Waals surface area contributed by atoms with Crippen LogP contribution in [0, 0.1) is 6.92 Å². The van der Waals surface area contributed by atoms with Crippen molar-refractivity contribution in [1.82, 2.24) is 0 Å². The molecule has 0 unspecified atom stereocenters. The summed E-state index contributed by atoms with van der Waals surface area (Å²) in [6.45, 7) is 2.03. The van der Waals surface area contributed by atoms with E-state index in [4.69, 9.17) is 14.0 Å². The molecule has 23 heavy (non-hydrogen) atoms. The molecule has 0 aliphatic carbocycles. The van der Waals surface area contributed by atoms with Gasteiger partial charge in [-0.05, 0) is 35.9 Å². The highest BCUT2D eigenvalue weighted by Gasteiger charge is 2.10. The van der Waals surface area contributed by atoms with Crippen molar-refractivity contribution in [3.05, 3.63) is 70.4 Å². The molecular weight excluding hydrogens is 292 g/mol. The maximum atomic E-state index is 12.8. The molecule has 4 rings (SSSR count). The molecule has 1 aromatic heterocycles. The Bertz CT molecular complexity index is 1120. The van der Waals surface area contributed by atoms with Crippen molar-refractivity contribution in [2.45, 2.75) is 6.92 Å². The quantitative estimate of drug-likeness (QED) is 0.366. The van der Waals surface area contributed by atoms with Crippen LogP contribution >= 0.6 is 0 Å². The van der Waals surface area contributed by atoms with Gasteiger partial charge in [0, 0.05) is 0 Å². The zero-order valence-electron chi connectivity index (χ0n) is 12.3. The minimum Gasteiger partial charge on any atom is -0.456 e. The Morgan fingerprint density at radius 3 is 2.35 bits per heavy atom. The molecule has 4 nitrogen and oxygen atoms in total. The van der Waals surface area contributed by atoms with E-state index >= 15 is 0 Å². The molecule has 0 saturated heterocycles. The summed E-state index contributed by atoms with van der Waals surface area (Å²) in [5.74, 6) is 0. The average molecular weight is 304 g/mol. The molecule has 0 bridgehead atoms. The Morgan fingerprint density at radius 2 is 1.57 bits per heavy atom. The number of hydrogen-bond donors (Lipinski definition) is 0. The summed E-state index contributed by atoms with van der Waals surface area (Å²) < 4.78 is 5.87. The first-order valence-electron chi connectivity index (χ1n) is 7.00. The van der Waals surface area contributed by atoms with Gasteiger partial charge in [0.15, 0.2) is 0 Å². The van der Waals surface area contributed by atoms with E-state index in [1.807, 2.05) is 55.5 Å². The van der Waals surface area contributed by atoms with Crippen LogP contribution in [0.5, 0.6) is 0 Å². The second-order valence-corrected chi connectivity index (χ2v) is 5.17. The fourth-order valence-corrected chi connectivity index (χ4v) is 2.73. The van der Waals surface area contributed by atoms with Gasteiger partial charge in [-0.2, -0.15) is 9.59 Å². The third-order valence-electron chi connectivity index (χ3n) is 3.72. The van der Waals surface area contributed by atoms with Gasteiger partial charge in [0.05, 0.1) is 10.8 Å². The predicted octanol–water partition coefficient (Wildman–Crippen LogP) is 3.82. The van der Waals surface area contributed by atoms with Crippen LogP contribution in [0.4, 0.5) is 0 Å². The zero-order valence-corrected chi connectivity index (χ0v) is 12.3. The summed E-state index contributed by atoms with van der Waals surface area (Å²) in [4.78, 5) is 29.0. The van der Waals surface area contributed by atoms with Gasteiger partial charge in [0.1, 0.15) is 11.2 Å². The van der Waals surface area contributed by atoms with E-state index in [-0.39, 0.29) is 11.6 Å². The van der Waals surface area contributed by atoms with Crippen molar-refractivity contribution in [2.75, 3.05) is 0 Å². The molecule has 0 N–H and O–H groups in total. The van der Waals surface area contributed by atoms with Gasteiger partial charge in [-0.15, -0.1) is 0 Å². The maximum Gasteiger partial charge on any atom is 0.373 e. The van der Waals surface area contributed by atoms with Crippen LogP contribution in [0.1, 0.15) is 5.56 Å². The molecule has 0 radical (unpaired) electrons. The Morgan fingerprint density at radius 1 is 0.870 bits per heavy atom. The van der Waals surface area contributed by atoms with Gasteiger partial charge in [-0.1, -0.05) is 42.0 Å². The van der Waals surface area contributed by atoms with Crippen molar-refractivity contribution in [1.29, 1.82) is 0 Å². The summed E-state index contributed by atoms with van der Waals surface area (Å²) in [6.07, 6.45) is 0.250. The van der Waals surface area contributed by atoms with Crippen molar-refractivity contribution < 1.29 is 14.0 Å². The number of carbonyl (C=O) groups excluding carboxylic acids is 2. The van der Waals surface area contributed by atoms with E-state index < -0.39 is 0 Å². The van der Waals surface area contributed by atoms with E-state index in [0.717, 1.165) is 16.3 Å². The van der Waals surface area contributed by atoms with Crippen LogP contribution in [0.25, 0.3) is 32.7 Å². The van der Waals surface area contributed by atoms with E-state index in [1.54, 1.807) is 0 Å². The monoisotopic (exact) mass is 304 g/mol. The third kappa shape index (κ3) is 2.52. The summed E-state index contributed by atoms with van der Waals surface area (Å²) in [7, 11) is 0. The molecule has 0 atom stereocenters. The number of fused-ring (bicyclic) bond motifs is 4. The molecule has 0 aliphatic rings. The van der Waals surface area contributed by atoms with Gasteiger partial charge in [-0.3, -0.25) is 4.79 Å². The first-order chi connectivity index (χ1) is 11.2. The number of hydrogen-bond acceptors (Lipinski definition) is 4. The minimum atomic E-state index is 0.0399. The van der Waals surface area contributed by atoms with Crippen LogP contribution in [-0.4, -0.2) is 6.15 Å². The standard InChI is InChI=1S/C18H12O2.CO2/c1-11-6-7-12-8-9-16-17(14(12)10-11)18(19)13-4-2-3-5-15(13)20-16;2-1-3/h2-10H,1H3;. The molecule has 1 heterocycles. The summed E-state index contributed by atoms with van der Waals surface area (Å²) in [5, 5.41) is 3.33. The lowest BCUT2D eigenvalue weighted by molar-refractivity contribution is -0.191. The van der Waals surface area contributed by atoms with Crippen molar-refractivity contribution in [2.24, 2.45) is 0 Å². The highest BCUT2D eigenvalue weighted by atomic mass is 16.3. The number of aryl methyl sites for hydroxylation is 1. The van der Waals surface area contributed by atoms with Gasteiger partial charge >= 0.3 is 6.15 Å². The first-order valence-corrected chi connectivity index (χ1v) is 7.00. The summed E-state index contributed by atoms with van der Waals surface area (Å²) in [5.41, 5.74) is 2.46. The Balaban J connectivity index is 0.000000485. The fourth-order valence-electron chi connectivity index (χ4n) is 2.73. The number of rotatable bonds is 0. The topological polar surface area (TPSA) is 64.3 Å². The smallest absolute Gasteiger partial charge is 0.373 e. The van der Waals surface area contributed by atoms with Crippen molar-refractivity contribution in [3.8, 4) is 0 Å². The maximum absolute atomic E-state index is 12.8. The van der Waals surface area contributed by atoms with Crippen molar-refractivity contribution in [3.63, 3.8) is 0 Å². The van der Waals surface area contributed by atoms with Gasteiger partial charge in [-0.25, -0.2) is 0 Å². The van der Waals surface area contributed by atoms with Crippen molar-refractivity contribution >= 4 is 38.9 Å². The molecule has 3 aromatic carbocycles. The van der Waals surface area contributed by atoms with E-state index in [1.165, 1.54) is 0 Å². The fraction of sp³-hybridized carbons (Fsp3) is 0.0526. The highest BCUT2D eigenvalue weighted by molar-refractivity contribution is 6.08. The lowest BCUT2D eigenvalue weighted by atomic mass is 10.0. The number of para-hydroxylation sites is 1. The summed E-state index contributed by atoms with van der Waals surface area (Å²) >= 11 is 0. The lowest BCUT2D eigenvalue weighted by Gasteiger charge is -2.05. The average Bonchev–Trinajstić information content (AvgIpc) is 2.55. The van der Waals surface area contributed by atoms with Gasteiger partial charge < -0.3 is 4.42 Å². The van der Waals surface area contributed by atoms with E-state index in [0.29, 0.717) is 21.9 Å². The van der Waals surface area contributed by atoms with Crippen LogP contribution in [0.15, 0.2) is 63.8 Å². The molecule has 0 aliphatic heterocycles. The minimum absolute atomic E-state index is 0.0399.